The van der Waals surface area contributed by atoms with Crippen LogP contribution in [0.2, 0.25) is 0 Å². The highest BCUT2D eigenvalue weighted by Crippen LogP contribution is 2.16. The summed E-state index contributed by atoms with van der Waals surface area (Å²) in [5.41, 5.74) is 2.07. The number of hydrogen-bond acceptors (Lipinski definition) is 4. The number of carbonyl (C=O) groups excluding carboxylic acids is 1. The van der Waals surface area contributed by atoms with Crippen molar-refractivity contribution in [3.63, 3.8) is 0 Å². The van der Waals surface area contributed by atoms with Crippen molar-refractivity contribution >= 4 is 34.7 Å². The van der Waals surface area contributed by atoms with E-state index in [1.807, 2.05) is 47.4 Å². The molecular weight excluding hydrogens is 300 g/mol. The zero-order valence-corrected chi connectivity index (χ0v) is 13.7. The molecule has 0 aliphatic carbocycles. The van der Waals surface area contributed by atoms with Gasteiger partial charge in [-0.2, -0.15) is 11.8 Å². The van der Waals surface area contributed by atoms with Crippen LogP contribution in [0, 0.1) is 0 Å². The lowest BCUT2D eigenvalue weighted by Crippen LogP contribution is -2.16. The number of nitrogens with one attached hydrogen (secondary N) is 2. The van der Waals surface area contributed by atoms with Crippen molar-refractivity contribution in [1.82, 2.24) is 5.32 Å². The van der Waals surface area contributed by atoms with Crippen LogP contribution >= 0.6 is 23.1 Å². The van der Waals surface area contributed by atoms with Crippen molar-refractivity contribution in [1.29, 1.82) is 0 Å². The smallest absolute Gasteiger partial charge is 0.221 e. The van der Waals surface area contributed by atoms with Crippen LogP contribution in [0.4, 0.5) is 5.69 Å². The van der Waals surface area contributed by atoms with Gasteiger partial charge in [0.1, 0.15) is 0 Å². The average Bonchev–Trinajstić information content (AvgIpc) is 2.97. The second-order valence-electron chi connectivity index (χ2n) is 4.69. The molecule has 0 unspecified atom stereocenters. The molecule has 0 aliphatic rings. The maximum absolute atomic E-state index is 10.9. The maximum Gasteiger partial charge on any atom is 0.221 e. The Hall–Kier alpha value is -1.30. The Morgan fingerprint density at radius 2 is 2.05 bits per heavy atom. The van der Waals surface area contributed by atoms with Crippen molar-refractivity contribution in [2.24, 2.45) is 0 Å². The van der Waals surface area contributed by atoms with E-state index in [-0.39, 0.29) is 5.91 Å². The van der Waals surface area contributed by atoms with Crippen LogP contribution < -0.4 is 10.6 Å². The average molecular weight is 320 g/mol. The first-order chi connectivity index (χ1) is 10.2. The van der Waals surface area contributed by atoms with Crippen LogP contribution in [0.5, 0.6) is 0 Å². The molecule has 2 rings (SSSR count). The zero-order valence-electron chi connectivity index (χ0n) is 12.1. The van der Waals surface area contributed by atoms with Crippen LogP contribution in [0.15, 0.2) is 41.8 Å². The molecule has 0 spiro atoms. The Bertz CT molecular complexity index is 538. The van der Waals surface area contributed by atoms with Gasteiger partial charge in [0.05, 0.1) is 0 Å². The SMILES string of the molecule is CC(=O)Nc1ccc(CNCCSCc2cccs2)cc1. The fraction of sp³-hybridized carbons (Fsp3) is 0.312. The van der Waals surface area contributed by atoms with Crippen LogP contribution in [0.25, 0.3) is 0 Å². The third kappa shape index (κ3) is 6.33. The number of anilines is 1. The summed E-state index contributed by atoms with van der Waals surface area (Å²) in [6.07, 6.45) is 0. The Labute approximate surface area is 134 Å². The predicted molar refractivity (Wildman–Crippen MR) is 92.9 cm³/mol. The van der Waals surface area contributed by atoms with Gasteiger partial charge in [-0.15, -0.1) is 11.3 Å². The van der Waals surface area contributed by atoms with E-state index in [0.717, 1.165) is 30.3 Å². The van der Waals surface area contributed by atoms with Gasteiger partial charge in [-0.25, -0.2) is 0 Å². The molecule has 0 fully saturated rings. The van der Waals surface area contributed by atoms with E-state index in [2.05, 4.69) is 28.1 Å². The van der Waals surface area contributed by atoms with Gasteiger partial charge in [-0.05, 0) is 29.1 Å². The lowest BCUT2D eigenvalue weighted by atomic mass is 10.2. The molecule has 5 heteroatoms. The van der Waals surface area contributed by atoms with Gasteiger partial charge < -0.3 is 10.6 Å². The first-order valence-corrected chi connectivity index (χ1v) is 8.95. The van der Waals surface area contributed by atoms with Crippen molar-refractivity contribution in [2.75, 3.05) is 17.6 Å². The van der Waals surface area contributed by atoms with Gasteiger partial charge in [-0.1, -0.05) is 18.2 Å². The Kier molecular flexibility index (Phi) is 6.79. The van der Waals surface area contributed by atoms with Gasteiger partial charge in [0.2, 0.25) is 5.91 Å². The number of amides is 1. The third-order valence-electron chi connectivity index (χ3n) is 2.85. The summed E-state index contributed by atoms with van der Waals surface area (Å²) in [6, 6.07) is 12.2. The molecule has 0 radical (unpaired) electrons. The predicted octanol–water partition coefficient (Wildman–Crippen LogP) is 3.73. The van der Waals surface area contributed by atoms with Crippen molar-refractivity contribution in [3.05, 3.63) is 52.2 Å². The van der Waals surface area contributed by atoms with Crippen molar-refractivity contribution < 1.29 is 4.79 Å². The minimum Gasteiger partial charge on any atom is -0.326 e. The van der Waals surface area contributed by atoms with Crippen molar-refractivity contribution in [2.45, 2.75) is 19.2 Å². The van der Waals surface area contributed by atoms with E-state index >= 15 is 0 Å². The van der Waals surface area contributed by atoms with Crippen LogP contribution in [0.1, 0.15) is 17.4 Å². The minimum atomic E-state index is -0.0383. The lowest BCUT2D eigenvalue weighted by Gasteiger charge is -2.06. The molecule has 1 amide bonds. The molecule has 0 saturated heterocycles. The first-order valence-electron chi connectivity index (χ1n) is 6.91. The van der Waals surface area contributed by atoms with Gasteiger partial charge in [-0.3, -0.25) is 4.79 Å². The normalized spacial score (nSPS) is 10.5. The first kappa shape index (κ1) is 16.1. The highest BCUT2D eigenvalue weighted by atomic mass is 32.2. The fourth-order valence-electron chi connectivity index (χ4n) is 1.85. The molecule has 0 bridgehead atoms. The highest BCUT2D eigenvalue weighted by molar-refractivity contribution is 7.98. The molecular formula is C16H20N2OS2. The molecule has 21 heavy (non-hydrogen) atoms. The molecule has 0 atom stereocenters. The van der Waals surface area contributed by atoms with E-state index in [1.165, 1.54) is 17.4 Å². The maximum atomic E-state index is 10.9. The van der Waals surface area contributed by atoms with E-state index in [1.54, 1.807) is 0 Å². The number of thioether (sulfide) groups is 1. The second-order valence-corrected chi connectivity index (χ2v) is 6.82. The Morgan fingerprint density at radius 3 is 2.71 bits per heavy atom. The standard InChI is InChI=1S/C16H20N2OS2/c1-13(19)18-15-6-4-14(5-7-15)11-17-8-10-20-12-16-3-2-9-21-16/h2-7,9,17H,8,10-12H2,1H3,(H,18,19). The topological polar surface area (TPSA) is 41.1 Å². The van der Waals surface area contributed by atoms with Crippen LogP contribution in [0.3, 0.4) is 0 Å². The zero-order chi connectivity index (χ0) is 14.9. The molecule has 112 valence electrons. The van der Waals surface area contributed by atoms with E-state index in [0.29, 0.717) is 0 Å². The summed E-state index contributed by atoms with van der Waals surface area (Å²) < 4.78 is 0. The van der Waals surface area contributed by atoms with E-state index in [4.69, 9.17) is 0 Å². The summed E-state index contributed by atoms with van der Waals surface area (Å²) in [4.78, 5) is 12.4. The molecule has 2 N–H and O–H groups in total. The molecule has 0 saturated carbocycles. The largest absolute Gasteiger partial charge is 0.326 e. The molecule has 2 aromatic rings. The Morgan fingerprint density at radius 1 is 1.24 bits per heavy atom. The number of thiophene rings is 1. The number of carbonyl (C=O) groups is 1. The minimum absolute atomic E-state index is 0.0383. The molecule has 1 aromatic heterocycles. The van der Waals surface area contributed by atoms with Crippen LogP contribution in [-0.2, 0) is 17.1 Å². The molecule has 1 heterocycles. The van der Waals surface area contributed by atoms with Gasteiger partial charge in [0.15, 0.2) is 0 Å². The monoisotopic (exact) mass is 320 g/mol. The quantitative estimate of drug-likeness (QED) is 0.728. The van der Waals surface area contributed by atoms with Crippen molar-refractivity contribution in [3.8, 4) is 0 Å². The van der Waals surface area contributed by atoms with Gasteiger partial charge in [0, 0.05) is 42.1 Å². The number of benzene rings is 1. The summed E-state index contributed by atoms with van der Waals surface area (Å²) in [5.74, 6) is 2.18. The van der Waals surface area contributed by atoms with E-state index in [9.17, 15) is 4.79 Å². The molecule has 0 aliphatic heterocycles. The fourth-order valence-corrected chi connectivity index (χ4v) is 3.60. The van der Waals surface area contributed by atoms with E-state index < -0.39 is 0 Å². The summed E-state index contributed by atoms with van der Waals surface area (Å²) >= 11 is 3.77. The van der Waals surface area contributed by atoms with Gasteiger partial charge >= 0.3 is 0 Å². The number of rotatable bonds is 8. The second kappa shape index (κ2) is 8.87. The highest BCUT2D eigenvalue weighted by Gasteiger charge is 1.97. The Balaban J connectivity index is 1.59. The number of hydrogen-bond donors (Lipinski definition) is 2. The lowest BCUT2D eigenvalue weighted by molar-refractivity contribution is -0.114. The molecule has 1 aromatic carbocycles. The van der Waals surface area contributed by atoms with Gasteiger partial charge in [0.25, 0.3) is 0 Å². The summed E-state index contributed by atoms with van der Waals surface area (Å²) in [5, 5.41) is 8.33. The summed E-state index contributed by atoms with van der Waals surface area (Å²) in [7, 11) is 0. The summed E-state index contributed by atoms with van der Waals surface area (Å²) in [6.45, 7) is 3.38. The third-order valence-corrected chi connectivity index (χ3v) is 4.92. The molecule has 3 nitrogen and oxygen atoms in total. The van der Waals surface area contributed by atoms with Crippen LogP contribution in [-0.4, -0.2) is 18.2 Å².